The minimum atomic E-state index is -0.559. The largest absolute Gasteiger partial charge is 0.339 e. The fraction of sp³-hybridized carbons (Fsp3) is 0.0556. The molecule has 2 aromatic carbocycles. The molecule has 0 bridgehead atoms. The number of nitrogens with zero attached hydrogens (tertiary/aromatic N) is 2. The third-order valence-electron chi connectivity index (χ3n) is 3.59. The lowest BCUT2D eigenvalue weighted by Gasteiger charge is -2.10. The minimum Gasteiger partial charge on any atom is -0.339 e. The summed E-state index contributed by atoms with van der Waals surface area (Å²) >= 11 is 11.8. The molecular weight excluding hydrogens is 378 g/mol. The van der Waals surface area contributed by atoms with Crippen LogP contribution in [-0.2, 0) is 0 Å². The van der Waals surface area contributed by atoms with Gasteiger partial charge in [0.05, 0.1) is 17.4 Å². The Bertz CT molecular complexity index is 964. The molecule has 0 spiro atoms. The van der Waals surface area contributed by atoms with Crippen LogP contribution in [-0.4, -0.2) is 15.9 Å². The molecule has 0 aliphatic heterocycles. The second-order valence-electron chi connectivity index (χ2n) is 5.41. The summed E-state index contributed by atoms with van der Waals surface area (Å²) in [7, 11) is 0. The smallest absolute Gasteiger partial charge is 0.275 e. The number of carbonyl (C=O) groups is 1. The van der Waals surface area contributed by atoms with Gasteiger partial charge in [0.2, 0.25) is 0 Å². The summed E-state index contributed by atoms with van der Waals surface area (Å²) in [6.07, 6.45) is 2.77. The van der Waals surface area contributed by atoms with E-state index in [1.807, 2.05) is 19.1 Å². The number of hydrogen-bond acceptors (Lipinski definition) is 4. The third-order valence-corrected chi connectivity index (χ3v) is 4.29. The van der Waals surface area contributed by atoms with Crippen LogP contribution in [0.2, 0.25) is 10.0 Å². The van der Waals surface area contributed by atoms with Crippen molar-refractivity contribution in [3.8, 4) is 0 Å². The summed E-state index contributed by atoms with van der Waals surface area (Å²) in [6.45, 7) is 1.88. The lowest BCUT2D eigenvalue weighted by atomic mass is 10.2. The van der Waals surface area contributed by atoms with E-state index in [4.69, 9.17) is 23.2 Å². The van der Waals surface area contributed by atoms with Gasteiger partial charge >= 0.3 is 0 Å². The van der Waals surface area contributed by atoms with Crippen molar-refractivity contribution >= 4 is 46.3 Å². The SMILES string of the molecule is Cc1c(Cl)cccc1Nc1cnc(C(=O)Nc2ccc(F)c(Cl)c2)cn1. The van der Waals surface area contributed by atoms with Crippen LogP contribution < -0.4 is 10.6 Å². The Morgan fingerprint density at radius 1 is 1.08 bits per heavy atom. The van der Waals surface area contributed by atoms with E-state index in [-0.39, 0.29) is 10.7 Å². The molecule has 0 unspecified atom stereocenters. The van der Waals surface area contributed by atoms with Crippen LogP contribution in [0.15, 0.2) is 48.8 Å². The minimum absolute atomic E-state index is 0.0784. The molecule has 0 fully saturated rings. The van der Waals surface area contributed by atoms with Gasteiger partial charge in [-0.1, -0.05) is 29.3 Å². The van der Waals surface area contributed by atoms with E-state index in [0.29, 0.717) is 16.5 Å². The first kappa shape index (κ1) is 18.1. The van der Waals surface area contributed by atoms with Gasteiger partial charge in [-0.15, -0.1) is 0 Å². The van der Waals surface area contributed by atoms with Gasteiger partial charge in [-0.25, -0.2) is 14.4 Å². The Labute approximate surface area is 159 Å². The molecule has 8 heteroatoms. The van der Waals surface area contributed by atoms with E-state index < -0.39 is 11.7 Å². The van der Waals surface area contributed by atoms with E-state index >= 15 is 0 Å². The van der Waals surface area contributed by atoms with Gasteiger partial charge in [-0.3, -0.25) is 4.79 Å². The molecule has 1 amide bonds. The second kappa shape index (κ2) is 7.68. The molecule has 0 atom stereocenters. The molecule has 5 nitrogen and oxygen atoms in total. The molecule has 1 aromatic heterocycles. The lowest BCUT2D eigenvalue weighted by Crippen LogP contribution is -2.14. The highest BCUT2D eigenvalue weighted by Crippen LogP contribution is 2.25. The maximum absolute atomic E-state index is 13.2. The van der Waals surface area contributed by atoms with Crippen molar-refractivity contribution in [2.24, 2.45) is 0 Å². The van der Waals surface area contributed by atoms with Gasteiger partial charge < -0.3 is 10.6 Å². The Morgan fingerprint density at radius 2 is 1.88 bits per heavy atom. The van der Waals surface area contributed by atoms with Crippen LogP contribution in [0.25, 0.3) is 0 Å². The van der Waals surface area contributed by atoms with Crippen molar-refractivity contribution in [3.05, 3.63) is 75.9 Å². The summed E-state index contributed by atoms with van der Waals surface area (Å²) in [4.78, 5) is 20.5. The highest BCUT2D eigenvalue weighted by molar-refractivity contribution is 6.31. The first-order chi connectivity index (χ1) is 12.4. The summed E-state index contributed by atoms with van der Waals surface area (Å²) in [5, 5.41) is 6.23. The van der Waals surface area contributed by atoms with Crippen LogP contribution in [0.1, 0.15) is 16.1 Å². The number of halogens is 3. The average Bonchev–Trinajstić information content (AvgIpc) is 2.63. The molecule has 0 radical (unpaired) electrons. The van der Waals surface area contributed by atoms with Gasteiger partial charge in [0.1, 0.15) is 17.3 Å². The van der Waals surface area contributed by atoms with Gasteiger partial charge in [0, 0.05) is 16.4 Å². The molecule has 0 saturated heterocycles. The predicted octanol–water partition coefficient (Wildman–Crippen LogP) is 5.23. The summed E-state index contributed by atoms with van der Waals surface area (Å²) < 4.78 is 13.2. The van der Waals surface area contributed by atoms with Crippen molar-refractivity contribution in [1.82, 2.24) is 9.97 Å². The maximum Gasteiger partial charge on any atom is 0.275 e. The number of aromatic nitrogens is 2. The third kappa shape index (κ3) is 4.09. The zero-order valence-corrected chi connectivity index (χ0v) is 15.1. The van der Waals surface area contributed by atoms with Crippen molar-refractivity contribution in [2.75, 3.05) is 10.6 Å². The van der Waals surface area contributed by atoms with E-state index in [1.54, 1.807) is 6.07 Å². The Balaban J connectivity index is 1.71. The van der Waals surface area contributed by atoms with Crippen LogP contribution in [0.4, 0.5) is 21.6 Å². The van der Waals surface area contributed by atoms with Crippen molar-refractivity contribution in [3.63, 3.8) is 0 Å². The number of nitrogens with one attached hydrogen (secondary N) is 2. The van der Waals surface area contributed by atoms with Crippen molar-refractivity contribution in [2.45, 2.75) is 6.92 Å². The first-order valence-electron chi connectivity index (χ1n) is 7.54. The standard InChI is InChI=1S/C18H13Cl2FN4O/c1-10-12(19)3-2-4-15(10)25-17-9-22-16(8-23-17)18(26)24-11-5-6-14(21)13(20)7-11/h2-9H,1H3,(H,23,25)(H,24,26). The fourth-order valence-electron chi connectivity index (χ4n) is 2.16. The number of carbonyl (C=O) groups excluding carboxylic acids is 1. The van der Waals surface area contributed by atoms with E-state index in [1.165, 1.54) is 30.6 Å². The van der Waals surface area contributed by atoms with E-state index in [2.05, 4.69) is 20.6 Å². The molecular formula is C18H13Cl2FN4O. The van der Waals surface area contributed by atoms with Crippen molar-refractivity contribution in [1.29, 1.82) is 0 Å². The molecule has 3 aromatic rings. The monoisotopic (exact) mass is 390 g/mol. The average molecular weight is 391 g/mol. The quantitative estimate of drug-likeness (QED) is 0.640. The molecule has 3 rings (SSSR count). The van der Waals surface area contributed by atoms with E-state index in [9.17, 15) is 9.18 Å². The van der Waals surface area contributed by atoms with Gasteiger partial charge in [0.15, 0.2) is 0 Å². The van der Waals surface area contributed by atoms with Crippen LogP contribution >= 0.6 is 23.2 Å². The maximum atomic E-state index is 13.2. The zero-order chi connectivity index (χ0) is 18.7. The number of anilines is 3. The summed E-state index contributed by atoms with van der Waals surface area (Å²) in [5.41, 5.74) is 2.15. The highest BCUT2D eigenvalue weighted by Gasteiger charge is 2.10. The lowest BCUT2D eigenvalue weighted by molar-refractivity contribution is 0.102. The first-order valence-corrected chi connectivity index (χ1v) is 8.30. The number of benzene rings is 2. The highest BCUT2D eigenvalue weighted by atomic mass is 35.5. The second-order valence-corrected chi connectivity index (χ2v) is 6.22. The molecule has 0 aliphatic carbocycles. The topological polar surface area (TPSA) is 66.9 Å². The number of hydrogen-bond donors (Lipinski definition) is 2. The van der Waals surface area contributed by atoms with Crippen LogP contribution in [0.5, 0.6) is 0 Å². The number of amides is 1. The van der Waals surface area contributed by atoms with Gasteiger partial charge in [-0.2, -0.15) is 0 Å². The summed E-state index contributed by atoms with van der Waals surface area (Å²) in [5.74, 6) is -0.571. The van der Waals surface area contributed by atoms with Crippen molar-refractivity contribution < 1.29 is 9.18 Å². The zero-order valence-electron chi connectivity index (χ0n) is 13.6. The van der Waals surface area contributed by atoms with Crippen LogP contribution in [0.3, 0.4) is 0 Å². The normalized spacial score (nSPS) is 10.5. The van der Waals surface area contributed by atoms with Gasteiger partial charge in [0.25, 0.3) is 5.91 Å². The predicted molar refractivity (Wildman–Crippen MR) is 101 cm³/mol. The summed E-state index contributed by atoms with van der Waals surface area (Å²) in [6, 6.07) is 9.37. The Morgan fingerprint density at radius 3 is 2.58 bits per heavy atom. The molecule has 0 saturated carbocycles. The molecule has 1 heterocycles. The number of rotatable bonds is 4. The van der Waals surface area contributed by atoms with E-state index in [0.717, 1.165) is 11.3 Å². The molecule has 26 heavy (non-hydrogen) atoms. The Hall–Kier alpha value is -2.70. The van der Waals surface area contributed by atoms with Gasteiger partial charge in [-0.05, 0) is 42.8 Å². The Kier molecular flexibility index (Phi) is 5.35. The molecule has 132 valence electrons. The molecule has 0 aliphatic rings. The fourth-order valence-corrected chi connectivity index (χ4v) is 2.51. The molecule has 2 N–H and O–H groups in total. The van der Waals surface area contributed by atoms with Crippen LogP contribution in [0, 0.1) is 12.7 Å².